The van der Waals surface area contributed by atoms with Crippen LogP contribution in [0.2, 0.25) is 0 Å². The molecule has 6 heteroatoms. The molecule has 1 unspecified atom stereocenters. The third kappa shape index (κ3) is 3.32. The van der Waals surface area contributed by atoms with E-state index >= 15 is 0 Å². The molecule has 3 N–H and O–H groups in total. The van der Waals surface area contributed by atoms with Crippen LogP contribution in [-0.2, 0) is 4.79 Å². The van der Waals surface area contributed by atoms with E-state index in [0.29, 0.717) is 5.69 Å². The highest BCUT2D eigenvalue weighted by Crippen LogP contribution is 2.27. The van der Waals surface area contributed by atoms with Gasteiger partial charge in [0, 0.05) is 36.6 Å². The molecule has 1 fully saturated rings. The lowest BCUT2D eigenvalue weighted by molar-refractivity contribution is -0.119. The minimum atomic E-state index is -0.721. The first-order valence-corrected chi connectivity index (χ1v) is 8.31. The summed E-state index contributed by atoms with van der Waals surface area (Å²) in [7, 11) is 0. The summed E-state index contributed by atoms with van der Waals surface area (Å²) in [4.78, 5) is 14.7. The lowest BCUT2D eigenvalue weighted by Crippen LogP contribution is -2.29. The molecule has 1 amide bonds. The number of hydrogen-bond acceptors (Lipinski definition) is 4. The van der Waals surface area contributed by atoms with Crippen molar-refractivity contribution in [1.29, 1.82) is 0 Å². The van der Waals surface area contributed by atoms with Gasteiger partial charge in [0.25, 0.3) is 0 Å². The summed E-state index contributed by atoms with van der Waals surface area (Å²) in [6, 6.07) is 9.76. The number of carbonyl (C=O) groups is 1. The van der Waals surface area contributed by atoms with Crippen molar-refractivity contribution in [3.63, 3.8) is 0 Å². The fraction of sp³-hybridized carbons (Fsp3) is 0.389. The molecule has 1 saturated heterocycles. The Balaban J connectivity index is 1.66. The van der Waals surface area contributed by atoms with Crippen LogP contribution in [0.4, 0.5) is 11.4 Å². The van der Waals surface area contributed by atoms with Gasteiger partial charge in [0.2, 0.25) is 5.91 Å². The number of rotatable bonds is 4. The number of anilines is 2. The molecule has 1 aromatic carbocycles. The highest BCUT2D eigenvalue weighted by molar-refractivity contribution is 5.93. The molecule has 1 atom stereocenters. The second kappa shape index (κ2) is 6.86. The topological polar surface area (TPSA) is 77.7 Å². The van der Waals surface area contributed by atoms with Crippen LogP contribution in [0.15, 0.2) is 36.4 Å². The smallest absolute Gasteiger partial charge is 0.247 e. The van der Waals surface area contributed by atoms with Crippen molar-refractivity contribution in [2.45, 2.75) is 32.2 Å². The molecule has 1 aliphatic rings. The van der Waals surface area contributed by atoms with Gasteiger partial charge in [0.1, 0.15) is 6.04 Å². The first kappa shape index (κ1) is 16.2. The standard InChI is InChI=1S/C18H23N3O3/c1-13(21-16(22)9-10-17(21)23)18(24)19-14-5-7-15(8-6-14)20-11-3-2-4-12-20/h5-10,13,22-23H,2-4,11-12H2,1H3,(H,19,24). The van der Waals surface area contributed by atoms with Gasteiger partial charge in [-0.1, -0.05) is 0 Å². The van der Waals surface area contributed by atoms with Crippen LogP contribution < -0.4 is 10.2 Å². The van der Waals surface area contributed by atoms with Crippen LogP contribution >= 0.6 is 0 Å². The van der Waals surface area contributed by atoms with E-state index in [0.717, 1.165) is 13.1 Å². The Hall–Kier alpha value is -2.63. The monoisotopic (exact) mass is 329 g/mol. The van der Waals surface area contributed by atoms with Crippen molar-refractivity contribution in [2.24, 2.45) is 0 Å². The van der Waals surface area contributed by atoms with Crippen LogP contribution in [0.5, 0.6) is 11.8 Å². The van der Waals surface area contributed by atoms with Gasteiger partial charge in [-0.05, 0) is 50.5 Å². The van der Waals surface area contributed by atoms with Crippen molar-refractivity contribution in [3.8, 4) is 11.8 Å². The Bertz CT molecular complexity index is 683. The molecule has 0 spiro atoms. The second-order valence-corrected chi connectivity index (χ2v) is 6.18. The van der Waals surface area contributed by atoms with E-state index in [1.54, 1.807) is 6.92 Å². The molecular formula is C18H23N3O3. The minimum absolute atomic E-state index is 0.143. The summed E-state index contributed by atoms with van der Waals surface area (Å²) < 4.78 is 1.18. The van der Waals surface area contributed by atoms with Crippen LogP contribution in [0, 0.1) is 0 Å². The van der Waals surface area contributed by atoms with Crippen molar-refractivity contribution in [2.75, 3.05) is 23.3 Å². The number of aromatic nitrogens is 1. The summed E-state index contributed by atoms with van der Waals surface area (Å²) >= 11 is 0. The highest BCUT2D eigenvalue weighted by Gasteiger charge is 2.20. The number of nitrogens with one attached hydrogen (secondary N) is 1. The maximum Gasteiger partial charge on any atom is 0.247 e. The fourth-order valence-electron chi connectivity index (χ4n) is 3.10. The molecule has 3 rings (SSSR count). The maximum atomic E-state index is 12.3. The Morgan fingerprint density at radius 3 is 2.17 bits per heavy atom. The molecule has 0 bridgehead atoms. The molecule has 2 heterocycles. The number of piperidine rings is 1. The number of nitrogens with zero attached hydrogens (tertiary/aromatic N) is 2. The number of carbonyl (C=O) groups excluding carboxylic acids is 1. The Labute approximate surface area is 141 Å². The van der Waals surface area contributed by atoms with Crippen LogP contribution in [0.1, 0.15) is 32.2 Å². The van der Waals surface area contributed by atoms with Crippen molar-refractivity contribution < 1.29 is 15.0 Å². The third-order valence-corrected chi connectivity index (χ3v) is 4.50. The number of aromatic hydroxyl groups is 2. The normalized spacial score (nSPS) is 16.0. The summed E-state index contributed by atoms with van der Waals surface area (Å²) in [5, 5.41) is 22.2. The van der Waals surface area contributed by atoms with Gasteiger partial charge in [-0.15, -0.1) is 0 Å². The predicted molar refractivity (Wildman–Crippen MR) is 93.6 cm³/mol. The molecule has 128 valence electrons. The van der Waals surface area contributed by atoms with Crippen molar-refractivity contribution in [3.05, 3.63) is 36.4 Å². The number of hydrogen-bond donors (Lipinski definition) is 3. The van der Waals surface area contributed by atoms with E-state index in [9.17, 15) is 15.0 Å². The zero-order valence-electron chi connectivity index (χ0n) is 13.8. The molecule has 1 aliphatic heterocycles. The second-order valence-electron chi connectivity index (χ2n) is 6.18. The molecular weight excluding hydrogens is 306 g/mol. The summed E-state index contributed by atoms with van der Waals surface area (Å²) in [5.41, 5.74) is 1.86. The van der Waals surface area contributed by atoms with Gasteiger partial charge < -0.3 is 20.4 Å². The van der Waals surface area contributed by atoms with Crippen LogP contribution in [0.3, 0.4) is 0 Å². The van der Waals surface area contributed by atoms with Gasteiger partial charge in [-0.3, -0.25) is 9.36 Å². The molecule has 1 aromatic heterocycles. The van der Waals surface area contributed by atoms with Gasteiger partial charge in [0.15, 0.2) is 11.8 Å². The SMILES string of the molecule is CC(C(=O)Nc1ccc(N2CCCCC2)cc1)n1c(O)ccc1O. The van der Waals surface area contributed by atoms with Crippen LogP contribution in [0.25, 0.3) is 0 Å². The largest absolute Gasteiger partial charge is 0.494 e. The number of amides is 1. The van der Waals surface area contributed by atoms with E-state index in [1.165, 1.54) is 41.6 Å². The van der Waals surface area contributed by atoms with E-state index in [-0.39, 0.29) is 17.7 Å². The Kier molecular flexibility index (Phi) is 4.64. The molecule has 6 nitrogen and oxygen atoms in total. The zero-order chi connectivity index (χ0) is 17.1. The molecule has 2 aromatic rings. The molecule has 24 heavy (non-hydrogen) atoms. The van der Waals surface area contributed by atoms with Gasteiger partial charge in [0.05, 0.1) is 0 Å². The summed E-state index contributed by atoms with van der Waals surface area (Å²) in [6.07, 6.45) is 3.74. The highest BCUT2D eigenvalue weighted by atomic mass is 16.3. The van der Waals surface area contributed by atoms with Gasteiger partial charge in [-0.2, -0.15) is 0 Å². The predicted octanol–water partition coefficient (Wildman–Crippen LogP) is 3.09. The summed E-state index contributed by atoms with van der Waals surface area (Å²) in [5.74, 6) is -0.589. The van der Waals surface area contributed by atoms with Crippen molar-refractivity contribution in [1.82, 2.24) is 4.57 Å². The first-order valence-electron chi connectivity index (χ1n) is 8.31. The van der Waals surface area contributed by atoms with E-state index in [4.69, 9.17) is 0 Å². The maximum absolute atomic E-state index is 12.3. The number of benzene rings is 1. The third-order valence-electron chi connectivity index (χ3n) is 4.50. The van der Waals surface area contributed by atoms with Crippen molar-refractivity contribution >= 4 is 17.3 Å². The van der Waals surface area contributed by atoms with E-state index < -0.39 is 6.04 Å². The fourth-order valence-corrected chi connectivity index (χ4v) is 3.10. The average Bonchev–Trinajstić information content (AvgIpc) is 2.94. The first-order chi connectivity index (χ1) is 11.6. The lowest BCUT2D eigenvalue weighted by Gasteiger charge is -2.28. The zero-order valence-corrected chi connectivity index (χ0v) is 13.8. The molecule has 0 radical (unpaired) electrons. The van der Waals surface area contributed by atoms with E-state index in [1.807, 2.05) is 24.3 Å². The van der Waals surface area contributed by atoms with Gasteiger partial charge in [-0.25, -0.2) is 0 Å². The quantitative estimate of drug-likeness (QED) is 0.805. The molecule has 0 aliphatic carbocycles. The van der Waals surface area contributed by atoms with Crippen LogP contribution in [-0.4, -0.2) is 33.8 Å². The van der Waals surface area contributed by atoms with E-state index in [2.05, 4.69) is 10.2 Å². The average molecular weight is 329 g/mol. The Morgan fingerprint density at radius 1 is 1.00 bits per heavy atom. The minimum Gasteiger partial charge on any atom is -0.494 e. The van der Waals surface area contributed by atoms with Gasteiger partial charge >= 0.3 is 0 Å². The summed E-state index contributed by atoms with van der Waals surface area (Å²) in [6.45, 7) is 3.78. The Morgan fingerprint density at radius 2 is 1.58 bits per heavy atom. The molecule has 0 saturated carbocycles. The lowest BCUT2D eigenvalue weighted by atomic mass is 10.1.